The summed E-state index contributed by atoms with van der Waals surface area (Å²) in [5.74, 6) is 0.212. The van der Waals surface area contributed by atoms with Crippen molar-refractivity contribution in [1.29, 1.82) is 0 Å². The number of hydrogen-bond acceptors (Lipinski definition) is 0. The molecule has 0 radical (unpaired) electrons. The molecule has 2 aromatic carbocycles. The molecule has 0 aliphatic rings. The number of rotatable bonds is 3. The van der Waals surface area contributed by atoms with Crippen LogP contribution in [0.5, 0.6) is 0 Å². The molecule has 1 atom stereocenters. The maximum absolute atomic E-state index is 3.88. The van der Waals surface area contributed by atoms with E-state index < -0.39 is 0 Å². The SMILES string of the molecule is C=BC(c1c#cccc1)c1ccccc1. The van der Waals surface area contributed by atoms with Crippen LogP contribution in [0.15, 0.2) is 48.5 Å². The molecule has 1 unspecified atom stereocenters. The van der Waals surface area contributed by atoms with Gasteiger partial charge in [-0.2, -0.15) is 0 Å². The summed E-state index contributed by atoms with van der Waals surface area (Å²) in [6.45, 7) is 5.82. The molecule has 0 aliphatic carbocycles. The molecule has 0 nitrogen and oxygen atoms in total. The van der Waals surface area contributed by atoms with Gasteiger partial charge in [-0.1, -0.05) is 0 Å². The van der Waals surface area contributed by atoms with Gasteiger partial charge in [0.25, 0.3) is 0 Å². The Morgan fingerprint density at radius 3 is 2.47 bits per heavy atom. The molecule has 0 heterocycles. The standard InChI is InChI=1S/C14H11B/c1-15-14(12-8-4-2-5-9-12)13-10-6-3-7-11-13/h2-6,8-10,14H,1H2. The summed E-state index contributed by atoms with van der Waals surface area (Å²) in [6.07, 6.45) is 0. The van der Waals surface area contributed by atoms with Crippen molar-refractivity contribution in [2.24, 2.45) is 0 Å². The van der Waals surface area contributed by atoms with Gasteiger partial charge in [0.05, 0.1) is 0 Å². The van der Waals surface area contributed by atoms with Crippen molar-refractivity contribution in [2.75, 3.05) is 0 Å². The summed E-state index contributed by atoms with van der Waals surface area (Å²) in [5, 5.41) is 0. The first-order valence-corrected chi connectivity index (χ1v) is 4.97. The molecule has 1 heteroatoms. The first-order valence-electron chi connectivity index (χ1n) is 4.97. The molecular formula is C14H11B. The zero-order valence-electron chi connectivity index (χ0n) is 8.48. The molecule has 70 valence electrons. The summed E-state index contributed by atoms with van der Waals surface area (Å²) in [4.78, 5) is 0. The zero-order chi connectivity index (χ0) is 10.5. The second-order valence-corrected chi connectivity index (χ2v) is 3.37. The van der Waals surface area contributed by atoms with Crippen molar-refractivity contribution >= 4 is 13.4 Å². The van der Waals surface area contributed by atoms with Crippen molar-refractivity contribution in [1.82, 2.24) is 0 Å². The average Bonchev–Trinajstić information content (AvgIpc) is 2.33. The van der Waals surface area contributed by atoms with Crippen molar-refractivity contribution in [3.8, 4) is 0 Å². The molecule has 0 saturated heterocycles. The van der Waals surface area contributed by atoms with Gasteiger partial charge in [0.1, 0.15) is 0 Å². The van der Waals surface area contributed by atoms with Gasteiger partial charge in [-0.05, 0) is 0 Å². The van der Waals surface area contributed by atoms with Crippen molar-refractivity contribution in [3.63, 3.8) is 0 Å². The maximum atomic E-state index is 3.88. The normalized spacial score (nSPS) is 9.40. The van der Waals surface area contributed by atoms with Gasteiger partial charge >= 0.3 is 91.0 Å². The third kappa shape index (κ3) is 2.17. The third-order valence-corrected chi connectivity index (χ3v) is 2.40. The Hall–Kier alpha value is -1.81. The monoisotopic (exact) mass is 190 g/mol. The fraction of sp³-hybridized carbons (Fsp3) is 0.0714. The summed E-state index contributed by atoms with van der Waals surface area (Å²) in [5.41, 5.74) is 2.35. The van der Waals surface area contributed by atoms with Gasteiger partial charge in [-0.15, -0.1) is 0 Å². The molecule has 2 aromatic rings. The van der Waals surface area contributed by atoms with Crippen molar-refractivity contribution in [2.45, 2.75) is 5.82 Å². The molecule has 0 N–H and O–H groups in total. The number of hydrogen-bond donors (Lipinski definition) is 0. The topological polar surface area (TPSA) is 0 Å². The molecule has 15 heavy (non-hydrogen) atoms. The zero-order valence-corrected chi connectivity index (χ0v) is 8.48. The van der Waals surface area contributed by atoms with Crippen LogP contribution in [-0.4, -0.2) is 13.4 Å². The summed E-state index contributed by atoms with van der Waals surface area (Å²) in [6, 6.07) is 22.3. The van der Waals surface area contributed by atoms with E-state index in [0.717, 1.165) is 5.56 Å². The predicted molar refractivity (Wildman–Crippen MR) is 65.3 cm³/mol. The van der Waals surface area contributed by atoms with E-state index in [1.54, 1.807) is 0 Å². The Kier molecular flexibility index (Phi) is 3.00. The molecule has 0 amide bonds. The predicted octanol–water partition coefficient (Wildman–Crippen LogP) is 2.51. The summed E-state index contributed by atoms with van der Waals surface area (Å²) in [7, 11) is 0. The van der Waals surface area contributed by atoms with E-state index >= 15 is 0 Å². The fourth-order valence-electron chi connectivity index (χ4n) is 1.65. The van der Waals surface area contributed by atoms with E-state index in [0.29, 0.717) is 0 Å². The molecule has 0 saturated carbocycles. The quantitative estimate of drug-likeness (QED) is 0.652. The molecule has 0 bridgehead atoms. The summed E-state index contributed by atoms with van der Waals surface area (Å²) >= 11 is 0. The molecule has 0 spiro atoms. The van der Waals surface area contributed by atoms with Gasteiger partial charge in [-0.3, -0.25) is 0 Å². The molecule has 0 aliphatic heterocycles. The van der Waals surface area contributed by atoms with Gasteiger partial charge in [0, 0.05) is 0 Å². The van der Waals surface area contributed by atoms with E-state index in [1.807, 2.05) is 37.3 Å². The second kappa shape index (κ2) is 4.62. The number of benzene rings is 1. The minimum absolute atomic E-state index is 0.212. The molecular weight excluding hydrogens is 179 g/mol. The van der Waals surface area contributed by atoms with Gasteiger partial charge in [0.15, 0.2) is 0 Å². The van der Waals surface area contributed by atoms with Crippen LogP contribution >= 0.6 is 0 Å². The first kappa shape index (κ1) is 9.74. The van der Waals surface area contributed by atoms with Crippen LogP contribution in [0.2, 0.25) is 0 Å². The van der Waals surface area contributed by atoms with Gasteiger partial charge < -0.3 is 0 Å². The molecule has 2 rings (SSSR count). The van der Waals surface area contributed by atoms with Gasteiger partial charge in [-0.25, -0.2) is 0 Å². The van der Waals surface area contributed by atoms with Crippen LogP contribution < -0.4 is 0 Å². The Morgan fingerprint density at radius 2 is 1.87 bits per heavy atom. The fourth-order valence-corrected chi connectivity index (χ4v) is 1.65. The molecule has 0 fully saturated rings. The first-order chi connectivity index (χ1) is 7.42. The van der Waals surface area contributed by atoms with E-state index in [1.165, 1.54) is 5.56 Å². The van der Waals surface area contributed by atoms with E-state index in [2.05, 4.69) is 36.8 Å². The molecule has 0 aromatic heterocycles. The van der Waals surface area contributed by atoms with Crippen LogP contribution in [0, 0.1) is 12.1 Å². The average molecular weight is 190 g/mol. The van der Waals surface area contributed by atoms with Crippen LogP contribution in [0.4, 0.5) is 0 Å². The van der Waals surface area contributed by atoms with Crippen LogP contribution in [0.3, 0.4) is 0 Å². The Morgan fingerprint density at radius 1 is 1.07 bits per heavy atom. The minimum atomic E-state index is 0.212. The van der Waals surface area contributed by atoms with Crippen LogP contribution in [-0.2, 0) is 0 Å². The second-order valence-electron chi connectivity index (χ2n) is 3.37. The third-order valence-electron chi connectivity index (χ3n) is 2.40. The Labute approximate surface area is 91.5 Å². The van der Waals surface area contributed by atoms with Crippen LogP contribution in [0.1, 0.15) is 16.9 Å². The van der Waals surface area contributed by atoms with Crippen molar-refractivity contribution in [3.05, 3.63) is 71.8 Å². The van der Waals surface area contributed by atoms with E-state index in [-0.39, 0.29) is 5.82 Å². The summed E-state index contributed by atoms with van der Waals surface area (Å²) < 4.78 is 0. The van der Waals surface area contributed by atoms with Crippen LogP contribution in [0.25, 0.3) is 0 Å². The van der Waals surface area contributed by atoms with Gasteiger partial charge in [0.2, 0.25) is 0 Å². The van der Waals surface area contributed by atoms with Crippen molar-refractivity contribution < 1.29 is 0 Å². The van der Waals surface area contributed by atoms with E-state index in [4.69, 9.17) is 0 Å². The Balaban J connectivity index is 2.38. The van der Waals surface area contributed by atoms with E-state index in [9.17, 15) is 0 Å². The Bertz CT molecular complexity index is 380.